The molecule has 2 heterocycles. The molecule has 0 bridgehead atoms. The summed E-state index contributed by atoms with van der Waals surface area (Å²) in [5, 5.41) is 9.00. The maximum Gasteiger partial charge on any atom is 1.00 e. The van der Waals surface area contributed by atoms with Crippen LogP contribution >= 0.6 is 0 Å². The largest absolute Gasteiger partial charge is 1.00 e. The molecule has 47 heavy (non-hydrogen) atoms. The number of nitrogens with zero attached hydrogens (tertiary/aromatic N) is 2. The summed E-state index contributed by atoms with van der Waals surface area (Å²) in [6.07, 6.45) is -0.749. The quantitative estimate of drug-likeness (QED) is 0.192. The number of esters is 1. The number of hydrogen-bond donors (Lipinski definition) is 1. The molecule has 2 aliphatic heterocycles. The molecule has 4 aromatic rings. The second kappa shape index (κ2) is 17.0. The van der Waals surface area contributed by atoms with Crippen molar-refractivity contribution in [2.24, 2.45) is 0 Å². The van der Waals surface area contributed by atoms with Crippen LogP contribution in [0.25, 0.3) is 0 Å². The summed E-state index contributed by atoms with van der Waals surface area (Å²) in [4.78, 5) is 50.0. The van der Waals surface area contributed by atoms with Gasteiger partial charge in [-0.05, 0) is 57.6 Å². The van der Waals surface area contributed by atoms with Gasteiger partial charge < -0.3 is 24.8 Å². The molecule has 0 unspecified atom stereocenters. The number of carboxylic acids is 1. The Morgan fingerprint density at radius 2 is 1.02 bits per heavy atom. The Hall–Kier alpha value is -5.08. The number of carboxylic acid groups (broad SMARTS) is 1. The van der Waals surface area contributed by atoms with Crippen molar-refractivity contribution < 1.29 is 62.8 Å². The third-order valence-electron chi connectivity index (χ3n) is 7.45. The van der Waals surface area contributed by atoms with Crippen LogP contribution in [0.1, 0.15) is 54.1 Å². The molecule has 0 saturated carbocycles. The zero-order valence-electron chi connectivity index (χ0n) is 26.1. The van der Waals surface area contributed by atoms with Gasteiger partial charge in [0.2, 0.25) is 0 Å². The van der Waals surface area contributed by atoms with Crippen molar-refractivity contribution in [2.45, 2.75) is 39.4 Å². The topological polar surface area (TPSA) is 153 Å². The fourth-order valence-corrected chi connectivity index (χ4v) is 5.05. The number of aromatic carboxylic acids is 1. The number of amides is 2. The first-order valence-corrected chi connectivity index (χ1v) is 14.3. The molecule has 2 N–H and O–H groups in total. The van der Waals surface area contributed by atoms with Crippen LogP contribution in [0.3, 0.4) is 0 Å². The van der Waals surface area contributed by atoms with Crippen molar-refractivity contribution >= 4 is 24.1 Å². The van der Waals surface area contributed by atoms with Gasteiger partial charge in [-0.3, -0.25) is 9.80 Å². The molecule has 0 spiro atoms. The van der Waals surface area contributed by atoms with Crippen LogP contribution in [0.5, 0.6) is 0 Å². The molecule has 0 fully saturated rings. The van der Waals surface area contributed by atoms with Gasteiger partial charge in [0.05, 0.1) is 18.2 Å². The Bertz CT molecular complexity index is 1700. The molecule has 0 radical (unpaired) electrons. The van der Waals surface area contributed by atoms with E-state index in [1.807, 2.05) is 66.7 Å². The van der Waals surface area contributed by atoms with Crippen LogP contribution in [-0.2, 0) is 53.6 Å². The molecule has 0 aromatic heterocycles. The van der Waals surface area contributed by atoms with Gasteiger partial charge in [-0.15, -0.1) is 0 Å². The van der Waals surface area contributed by atoms with E-state index in [1.54, 1.807) is 40.1 Å². The summed E-state index contributed by atoms with van der Waals surface area (Å²) >= 11 is 0. The fourth-order valence-electron chi connectivity index (χ4n) is 5.05. The number of carbonyl (C=O) groups is 4. The predicted molar refractivity (Wildman–Crippen MR) is 165 cm³/mol. The Morgan fingerprint density at radius 3 is 1.45 bits per heavy atom. The number of ether oxygens (including phenoxy) is 3. The zero-order chi connectivity index (χ0) is 31.8. The van der Waals surface area contributed by atoms with Gasteiger partial charge in [0, 0.05) is 26.2 Å². The molecule has 0 atom stereocenters. The normalized spacial score (nSPS) is 12.2. The van der Waals surface area contributed by atoms with Gasteiger partial charge >= 0.3 is 43.0 Å². The van der Waals surface area contributed by atoms with Gasteiger partial charge in [0.1, 0.15) is 13.2 Å². The number of hydrogen-bond acceptors (Lipinski definition) is 8. The number of rotatable bonds is 6. The van der Waals surface area contributed by atoms with Crippen molar-refractivity contribution in [2.75, 3.05) is 7.11 Å². The number of benzene rings is 4. The molecule has 0 aliphatic carbocycles. The number of carbonyl (C=O) groups excluding carboxylic acids is 3. The third kappa shape index (κ3) is 9.46. The van der Waals surface area contributed by atoms with Crippen molar-refractivity contribution in [3.05, 3.63) is 142 Å². The van der Waals surface area contributed by atoms with Crippen LogP contribution in [0.15, 0.2) is 97.1 Å². The van der Waals surface area contributed by atoms with Crippen LogP contribution < -0.4 is 18.9 Å². The van der Waals surface area contributed by atoms with E-state index in [0.717, 1.165) is 33.4 Å². The minimum Gasteiger partial charge on any atom is -0.870 e. The molecule has 2 amide bonds. The summed E-state index contributed by atoms with van der Waals surface area (Å²) in [6, 6.07) is 29.3. The first kappa shape index (κ1) is 36.4. The summed E-state index contributed by atoms with van der Waals surface area (Å²) in [7, 11) is 1.35. The average Bonchev–Trinajstić information content (AvgIpc) is 3.71. The molecular weight excluding hydrogens is 599 g/mol. The van der Waals surface area contributed by atoms with E-state index in [1.165, 1.54) is 7.11 Å². The van der Waals surface area contributed by atoms with E-state index < -0.39 is 12.1 Å². The molecular formula is C35H33LiN2O9. The van der Waals surface area contributed by atoms with Crippen LogP contribution in [0, 0.1) is 0 Å². The Labute approximate surface area is 284 Å². The molecule has 11 nitrogen and oxygen atoms in total. The molecule has 0 saturated heterocycles. The Balaban J connectivity index is 0.000000245. The van der Waals surface area contributed by atoms with E-state index in [0.29, 0.717) is 31.7 Å². The van der Waals surface area contributed by atoms with Crippen molar-refractivity contribution in [3.8, 4) is 0 Å². The van der Waals surface area contributed by atoms with Crippen molar-refractivity contribution in [1.82, 2.24) is 9.80 Å². The van der Waals surface area contributed by atoms with E-state index in [4.69, 9.17) is 19.3 Å². The van der Waals surface area contributed by atoms with Gasteiger partial charge in [0.15, 0.2) is 0 Å². The number of fused-ring (bicyclic) bond motifs is 2. The molecule has 2 aliphatic rings. The fraction of sp³-hybridized carbons (Fsp3) is 0.200. The van der Waals surface area contributed by atoms with Gasteiger partial charge in [-0.25, -0.2) is 19.2 Å². The standard InChI is InChI=1S/C18H17NO4.C17H15NO4.Li.H2O/c1-22-17(20)14-7-8-15-10-19(11-16(15)9-14)18(21)23-12-13-5-3-2-4-6-13;19-16(20)13-6-7-14-9-18(10-15(14)8-13)17(21)22-11-12-4-2-1-3-5-12;;/h2-9H,10-12H2,1H3;1-8H,9-11H2,(H,19,20);;1H2/q;;+1;/p-1. The second-order valence-electron chi connectivity index (χ2n) is 10.6. The minimum atomic E-state index is -0.965. The van der Waals surface area contributed by atoms with Gasteiger partial charge in [-0.2, -0.15) is 0 Å². The van der Waals surface area contributed by atoms with Crippen LogP contribution in [0.2, 0.25) is 0 Å². The van der Waals surface area contributed by atoms with Crippen LogP contribution in [-0.4, -0.2) is 51.6 Å². The number of methoxy groups -OCH3 is 1. The maximum absolute atomic E-state index is 12.2. The summed E-state index contributed by atoms with van der Waals surface area (Å²) in [6.45, 7) is 2.23. The smallest absolute Gasteiger partial charge is 0.870 e. The van der Waals surface area contributed by atoms with Gasteiger partial charge in [0.25, 0.3) is 0 Å². The molecule has 12 heteroatoms. The molecule has 6 rings (SSSR count). The Kier molecular flexibility index (Phi) is 13.2. The van der Waals surface area contributed by atoms with Crippen LogP contribution in [0.4, 0.5) is 9.59 Å². The first-order chi connectivity index (χ1) is 21.8. The SMILES string of the molecule is COC(=O)c1ccc2c(c1)CN(C(=O)OCc1ccccc1)C2.O=C(O)c1ccc2c(c1)CN(C(=O)OCc1ccccc1)C2.[Li+].[OH-]. The summed E-state index contributed by atoms with van der Waals surface area (Å²) in [5.41, 5.74) is 6.40. The molecule has 238 valence electrons. The minimum absolute atomic E-state index is 0. The summed E-state index contributed by atoms with van der Waals surface area (Å²) < 4.78 is 15.3. The maximum atomic E-state index is 12.2. The third-order valence-corrected chi connectivity index (χ3v) is 7.45. The average molecular weight is 633 g/mol. The first-order valence-electron chi connectivity index (χ1n) is 14.3. The van der Waals surface area contributed by atoms with Crippen molar-refractivity contribution in [3.63, 3.8) is 0 Å². The van der Waals surface area contributed by atoms with Crippen molar-refractivity contribution in [1.29, 1.82) is 0 Å². The van der Waals surface area contributed by atoms with Gasteiger partial charge in [-0.1, -0.05) is 72.8 Å². The monoisotopic (exact) mass is 632 g/mol. The van der Waals surface area contributed by atoms with E-state index in [-0.39, 0.29) is 55.2 Å². The Morgan fingerprint density at radius 1 is 0.617 bits per heavy atom. The van der Waals surface area contributed by atoms with E-state index >= 15 is 0 Å². The van der Waals surface area contributed by atoms with E-state index in [2.05, 4.69) is 0 Å². The predicted octanol–water partition coefficient (Wildman–Crippen LogP) is 2.99. The zero-order valence-corrected chi connectivity index (χ0v) is 26.1. The second-order valence-corrected chi connectivity index (χ2v) is 10.6. The van der Waals surface area contributed by atoms with E-state index in [9.17, 15) is 19.2 Å². The summed E-state index contributed by atoms with van der Waals surface area (Å²) in [5.74, 6) is -1.34. The molecule has 4 aromatic carbocycles.